The molecule has 0 atom stereocenters. The van der Waals surface area contributed by atoms with E-state index < -0.39 is 11.4 Å². The van der Waals surface area contributed by atoms with Gasteiger partial charge in [-0.1, -0.05) is 24.3 Å². The van der Waals surface area contributed by atoms with E-state index in [1.807, 2.05) is 24.3 Å². The summed E-state index contributed by atoms with van der Waals surface area (Å²) >= 11 is 0. The molecule has 6 heteroatoms. The lowest BCUT2D eigenvalue weighted by atomic mass is 9.96. The van der Waals surface area contributed by atoms with Gasteiger partial charge in [-0.05, 0) is 12.0 Å². The molecule has 0 spiro atoms. The predicted molar refractivity (Wildman–Crippen MR) is 88.8 cm³/mol. The van der Waals surface area contributed by atoms with Crippen LogP contribution in [0.15, 0.2) is 35.3 Å². The van der Waals surface area contributed by atoms with Crippen molar-refractivity contribution in [2.45, 2.75) is 19.4 Å². The fraction of sp³-hybridized carbons (Fsp3) is 0.333. The maximum absolute atomic E-state index is 12.6. The van der Waals surface area contributed by atoms with E-state index in [-0.39, 0.29) is 11.3 Å². The molecule has 24 heavy (non-hydrogen) atoms. The number of methoxy groups -OCH3 is 1. The molecule has 0 saturated carbocycles. The van der Waals surface area contributed by atoms with Gasteiger partial charge in [-0.3, -0.25) is 4.79 Å². The molecular formula is C18H19NO5. The first-order valence-corrected chi connectivity index (χ1v) is 7.84. The second-order valence-electron chi connectivity index (χ2n) is 5.65. The molecule has 0 saturated heterocycles. The van der Waals surface area contributed by atoms with Gasteiger partial charge in [-0.15, -0.1) is 0 Å². The Kier molecular flexibility index (Phi) is 4.66. The fourth-order valence-electron chi connectivity index (χ4n) is 2.97. The first-order valence-electron chi connectivity index (χ1n) is 7.84. The topological polar surface area (TPSA) is 77.8 Å². The quantitative estimate of drug-likeness (QED) is 0.822. The predicted octanol–water partition coefficient (Wildman–Crippen LogP) is 2.18. The van der Waals surface area contributed by atoms with E-state index in [9.17, 15) is 14.7 Å². The Hall–Kier alpha value is -2.60. The van der Waals surface area contributed by atoms with Crippen molar-refractivity contribution >= 4 is 5.97 Å². The van der Waals surface area contributed by atoms with Gasteiger partial charge in [-0.2, -0.15) is 0 Å². The summed E-state index contributed by atoms with van der Waals surface area (Å²) in [6, 6.07) is 7.81. The van der Waals surface area contributed by atoms with Gasteiger partial charge in [0.15, 0.2) is 5.75 Å². The van der Waals surface area contributed by atoms with Crippen LogP contribution in [0.5, 0.6) is 5.75 Å². The third kappa shape index (κ3) is 2.92. The lowest BCUT2D eigenvalue weighted by Crippen LogP contribution is -2.25. The van der Waals surface area contributed by atoms with E-state index in [1.165, 1.54) is 6.20 Å². The van der Waals surface area contributed by atoms with Crippen LogP contribution in [0.2, 0.25) is 0 Å². The van der Waals surface area contributed by atoms with Crippen molar-refractivity contribution in [3.05, 3.63) is 51.8 Å². The molecule has 0 radical (unpaired) electrons. The van der Waals surface area contributed by atoms with Gasteiger partial charge in [0, 0.05) is 38.4 Å². The number of aryl methyl sites for hydroxylation is 2. The number of nitrogens with zero attached hydrogens (tertiary/aromatic N) is 1. The van der Waals surface area contributed by atoms with E-state index in [0.29, 0.717) is 31.9 Å². The minimum Gasteiger partial charge on any atom is -0.487 e. The van der Waals surface area contributed by atoms with Gasteiger partial charge in [0.05, 0.1) is 12.3 Å². The van der Waals surface area contributed by atoms with Crippen molar-refractivity contribution < 1.29 is 19.4 Å². The number of pyridine rings is 1. The second-order valence-corrected chi connectivity index (χ2v) is 5.65. The number of hydrogen-bond donors (Lipinski definition) is 1. The number of fused-ring (bicyclic) bond motifs is 3. The van der Waals surface area contributed by atoms with Crippen LogP contribution in [0.4, 0.5) is 0 Å². The molecule has 1 aliphatic heterocycles. The number of carbonyl (C=O) groups is 1. The lowest BCUT2D eigenvalue weighted by Gasteiger charge is -2.25. The number of aromatic nitrogens is 1. The third-order valence-electron chi connectivity index (χ3n) is 4.10. The molecule has 1 aromatic carbocycles. The molecular weight excluding hydrogens is 310 g/mol. The van der Waals surface area contributed by atoms with Crippen LogP contribution in [0.3, 0.4) is 0 Å². The summed E-state index contributed by atoms with van der Waals surface area (Å²) in [4.78, 5) is 24.0. The Labute approximate surface area is 139 Å². The first kappa shape index (κ1) is 16.3. The normalized spacial score (nSPS) is 12.4. The monoisotopic (exact) mass is 329 g/mol. The summed E-state index contributed by atoms with van der Waals surface area (Å²) in [7, 11) is 1.60. The van der Waals surface area contributed by atoms with Crippen molar-refractivity contribution in [3.63, 3.8) is 0 Å². The Balaban J connectivity index is 2.12. The molecule has 0 fully saturated rings. The van der Waals surface area contributed by atoms with E-state index in [2.05, 4.69) is 0 Å². The highest BCUT2D eigenvalue weighted by molar-refractivity contribution is 5.89. The van der Waals surface area contributed by atoms with Crippen molar-refractivity contribution in [1.29, 1.82) is 0 Å². The van der Waals surface area contributed by atoms with Gasteiger partial charge < -0.3 is 19.1 Å². The smallest absolute Gasteiger partial charge is 0.341 e. The summed E-state index contributed by atoms with van der Waals surface area (Å²) in [5.74, 6) is -1.13. The molecule has 1 aromatic heterocycles. The number of benzene rings is 1. The average Bonchev–Trinajstić information content (AvgIpc) is 2.59. The largest absolute Gasteiger partial charge is 0.487 e. The fourth-order valence-corrected chi connectivity index (χ4v) is 2.97. The molecule has 2 aromatic rings. The molecule has 0 aliphatic carbocycles. The average molecular weight is 329 g/mol. The molecule has 126 valence electrons. The van der Waals surface area contributed by atoms with E-state index in [0.717, 1.165) is 17.5 Å². The summed E-state index contributed by atoms with van der Waals surface area (Å²) in [5.41, 5.74) is 1.85. The highest BCUT2D eigenvalue weighted by Crippen LogP contribution is 2.34. The molecule has 6 nitrogen and oxygen atoms in total. The molecule has 2 heterocycles. The summed E-state index contributed by atoms with van der Waals surface area (Å²) in [6.45, 7) is 1.42. The lowest BCUT2D eigenvalue weighted by molar-refractivity contribution is 0.0693. The number of ether oxygens (including phenoxy) is 2. The maximum Gasteiger partial charge on any atom is 0.341 e. The van der Waals surface area contributed by atoms with Crippen LogP contribution < -0.4 is 10.2 Å². The zero-order valence-electron chi connectivity index (χ0n) is 13.4. The number of aromatic carboxylic acids is 1. The highest BCUT2D eigenvalue weighted by atomic mass is 16.5. The van der Waals surface area contributed by atoms with E-state index >= 15 is 0 Å². The molecule has 0 amide bonds. The van der Waals surface area contributed by atoms with Crippen LogP contribution in [-0.2, 0) is 17.7 Å². The zero-order chi connectivity index (χ0) is 17.1. The standard InChI is InChI=1S/C18H19NO5/c1-23-9-4-10-24-17-15-13-6-3-2-5-12(13)7-8-19(15)11-14(16(17)20)18(21)22/h2-3,5-6,11H,4,7-10H2,1H3,(H,21,22). The van der Waals surface area contributed by atoms with Crippen molar-refractivity contribution in [2.24, 2.45) is 0 Å². The van der Waals surface area contributed by atoms with Gasteiger partial charge in [0.1, 0.15) is 5.56 Å². The number of rotatable bonds is 6. The van der Waals surface area contributed by atoms with Crippen LogP contribution in [0, 0.1) is 0 Å². The molecule has 3 rings (SSSR count). The van der Waals surface area contributed by atoms with Crippen molar-refractivity contribution in [2.75, 3.05) is 20.3 Å². The SMILES string of the molecule is COCCCOc1c2n(cc(C(=O)O)c1=O)CCc1ccccc1-2. The van der Waals surface area contributed by atoms with E-state index in [1.54, 1.807) is 11.7 Å². The molecule has 1 aliphatic rings. The Morgan fingerprint density at radius 1 is 1.29 bits per heavy atom. The maximum atomic E-state index is 12.6. The van der Waals surface area contributed by atoms with Crippen molar-refractivity contribution in [3.8, 4) is 17.0 Å². The molecule has 1 N–H and O–H groups in total. The minimum absolute atomic E-state index is 0.109. The zero-order valence-corrected chi connectivity index (χ0v) is 13.4. The minimum atomic E-state index is -1.24. The Morgan fingerprint density at radius 2 is 2.08 bits per heavy atom. The number of carboxylic acids is 1. The Bertz CT molecular complexity index is 825. The second kappa shape index (κ2) is 6.88. The molecule has 0 unspecified atom stereocenters. The van der Waals surface area contributed by atoms with Crippen LogP contribution in [0.1, 0.15) is 22.3 Å². The van der Waals surface area contributed by atoms with Crippen LogP contribution in [0.25, 0.3) is 11.3 Å². The Morgan fingerprint density at radius 3 is 2.83 bits per heavy atom. The molecule has 0 bridgehead atoms. The van der Waals surface area contributed by atoms with Crippen LogP contribution >= 0.6 is 0 Å². The first-order chi connectivity index (χ1) is 11.6. The summed E-state index contributed by atoms with van der Waals surface area (Å²) < 4.78 is 12.5. The summed E-state index contributed by atoms with van der Waals surface area (Å²) in [5, 5.41) is 9.31. The number of carboxylic acid groups (broad SMARTS) is 1. The van der Waals surface area contributed by atoms with Crippen LogP contribution in [-0.4, -0.2) is 36.0 Å². The van der Waals surface area contributed by atoms with Gasteiger partial charge in [0.25, 0.3) is 0 Å². The van der Waals surface area contributed by atoms with E-state index in [4.69, 9.17) is 9.47 Å². The highest BCUT2D eigenvalue weighted by Gasteiger charge is 2.25. The van der Waals surface area contributed by atoms with Gasteiger partial charge >= 0.3 is 5.97 Å². The third-order valence-corrected chi connectivity index (χ3v) is 4.10. The number of hydrogen-bond acceptors (Lipinski definition) is 4. The van der Waals surface area contributed by atoms with Gasteiger partial charge in [0.2, 0.25) is 5.43 Å². The van der Waals surface area contributed by atoms with Gasteiger partial charge in [-0.25, -0.2) is 4.79 Å². The summed E-state index contributed by atoms with van der Waals surface area (Å²) in [6.07, 6.45) is 2.82. The van der Waals surface area contributed by atoms with Crippen molar-refractivity contribution in [1.82, 2.24) is 4.57 Å².